The van der Waals surface area contributed by atoms with Gasteiger partial charge in [0.05, 0.1) is 5.92 Å². The highest BCUT2D eigenvalue weighted by molar-refractivity contribution is 6.05. The number of phenolic OH excluding ortho intramolecular Hbond substituents is 3. The van der Waals surface area contributed by atoms with E-state index in [1.54, 1.807) is 12.1 Å². The van der Waals surface area contributed by atoms with Crippen molar-refractivity contribution in [1.82, 2.24) is 0 Å². The van der Waals surface area contributed by atoms with Crippen LogP contribution in [0.5, 0.6) is 34.5 Å². The van der Waals surface area contributed by atoms with Crippen molar-refractivity contribution in [3.05, 3.63) is 34.4 Å². The van der Waals surface area contributed by atoms with Gasteiger partial charge in [-0.05, 0) is 31.9 Å². The molecule has 0 fully saturated rings. The molecule has 2 aromatic rings. The van der Waals surface area contributed by atoms with Gasteiger partial charge in [-0.3, -0.25) is 4.79 Å². The summed E-state index contributed by atoms with van der Waals surface area (Å²) in [6.45, 7) is 3.00. The van der Waals surface area contributed by atoms with Crippen LogP contribution in [0.15, 0.2) is 12.1 Å². The van der Waals surface area contributed by atoms with Gasteiger partial charge in [0.2, 0.25) is 18.8 Å². The number of fused-ring (bicyclic) bond motifs is 2. The van der Waals surface area contributed by atoms with E-state index in [1.807, 2.05) is 0 Å². The molecule has 0 spiro atoms. The molecule has 8 nitrogen and oxygen atoms in total. The fourth-order valence-electron chi connectivity index (χ4n) is 3.47. The average Bonchev–Trinajstić information content (AvgIpc) is 3.12. The Balaban J connectivity index is 1.74. The van der Waals surface area contributed by atoms with Crippen molar-refractivity contribution in [2.24, 2.45) is 5.92 Å². The molecule has 4 rings (SSSR count). The van der Waals surface area contributed by atoms with Crippen molar-refractivity contribution in [2.75, 3.05) is 6.79 Å². The van der Waals surface area contributed by atoms with Crippen LogP contribution in [0.3, 0.4) is 0 Å². The average molecular weight is 374 g/mol. The molecule has 142 valence electrons. The summed E-state index contributed by atoms with van der Waals surface area (Å²) in [5.74, 6) is -1.80. The Morgan fingerprint density at radius 2 is 1.74 bits per heavy atom. The van der Waals surface area contributed by atoms with E-state index in [2.05, 4.69) is 0 Å². The van der Waals surface area contributed by atoms with Crippen LogP contribution in [-0.2, 0) is 6.42 Å². The Hall–Kier alpha value is -3.13. The Bertz CT molecular complexity index is 965. The van der Waals surface area contributed by atoms with Gasteiger partial charge in [0.1, 0.15) is 22.8 Å². The van der Waals surface area contributed by atoms with Crippen molar-refractivity contribution in [3.63, 3.8) is 0 Å². The van der Waals surface area contributed by atoms with E-state index in [0.717, 1.165) is 0 Å². The lowest BCUT2D eigenvalue weighted by Crippen LogP contribution is -2.39. The molecule has 1 unspecified atom stereocenters. The maximum absolute atomic E-state index is 13.0. The predicted octanol–water partition coefficient (Wildman–Crippen LogP) is 1.90. The quantitative estimate of drug-likeness (QED) is 0.628. The molecule has 8 heteroatoms. The molecular formula is C19H18O8. The molecule has 2 heterocycles. The first kappa shape index (κ1) is 17.3. The van der Waals surface area contributed by atoms with Gasteiger partial charge >= 0.3 is 0 Å². The smallest absolute Gasteiger partial charge is 0.231 e. The second-order valence-electron chi connectivity index (χ2n) is 6.64. The predicted molar refractivity (Wildman–Crippen MR) is 91.6 cm³/mol. The van der Waals surface area contributed by atoms with Crippen LogP contribution in [0.25, 0.3) is 0 Å². The number of aliphatic hydroxyl groups is 1. The number of rotatable bonds is 2. The van der Waals surface area contributed by atoms with E-state index in [1.165, 1.54) is 13.8 Å². The van der Waals surface area contributed by atoms with Crippen LogP contribution in [0.4, 0.5) is 0 Å². The molecule has 0 aliphatic carbocycles. The molecule has 0 radical (unpaired) electrons. The molecule has 2 aromatic carbocycles. The van der Waals surface area contributed by atoms with Gasteiger partial charge in [0.25, 0.3) is 0 Å². The summed E-state index contributed by atoms with van der Waals surface area (Å²) in [6.07, 6.45) is -1.55. The minimum atomic E-state index is -1.50. The topological polar surface area (TPSA) is 126 Å². The van der Waals surface area contributed by atoms with Gasteiger partial charge in [-0.25, -0.2) is 0 Å². The molecule has 2 atom stereocenters. The summed E-state index contributed by atoms with van der Waals surface area (Å²) < 4.78 is 15.8. The summed E-state index contributed by atoms with van der Waals surface area (Å²) in [5.41, 5.74) is 0.704. The highest BCUT2D eigenvalue weighted by Crippen LogP contribution is 2.47. The van der Waals surface area contributed by atoms with Crippen molar-refractivity contribution in [3.8, 4) is 34.5 Å². The van der Waals surface area contributed by atoms with E-state index in [-0.39, 0.29) is 58.7 Å². The van der Waals surface area contributed by atoms with E-state index >= 15 is 0 Å². The summed E-state index contributed by atoms with van der Waals surface area (Å²) in [7, 11) is 0. The normalized spacial score (nSPS) is 20.3. The highest BCUT2D eigenvalue weighted by atomic mass is 16.7. The van der Waals surface area contributed by atoms with Gasteiger partial charge in [0, 0.05) is 11.1 Å². The SMILES string of the molecule is Cc1c(O)c(C)c2c(c1O)C(=O)C(Cc1ccc3c(c1O)OCO3)[C@H](O)O2. The standard InChI is InChI=1S/C19H18O8/c1-7-13(20)8(2)17-12(14(7)21)16(23)10(19(24)27-17)5-9-3-4-11-18(15(9)22)26-6-25-11/h3-4,10,19-22,24H,5-6H2,1-2H3/t10?,19-/m1/s1. The molecule has 0 amide bonds. The first-order chi connectivity index (χ1) is 12.8. The van der Waals surface area contributed by atoms with Gasteiger partial charge in [-0.1, -0.05) is 6.07 Å². The summed E-state index contributed by atoms with van der Waals surface area (Å²) in [5, 5.41) is 41.1. The number of ether oxygens (including phenoxy) is 3. The molecule has 2 aliphatic rings. The number of benzene rings is 2. The summed E-state index contributed by atoms with van der Waals surface area (Å²) >= 11 is 0. The van der Waals surface area contributed by atoms with Gasteiger partial charge in [0.15, 0.2) is 17.3 Å². The van der Waals surface area contributed by atoms with Crippen LogP contribution >= 0.6 is 0 Å². The van der Waals surface area contributed by atoms with E-state index in [9.17, 15) is 25.2 Å². The van der Waals surface area contributed by atoms with Crippen molar-refractivity contribution < 1.29 is 39.4 Å². The summed E-state index contributed by atoms with van der Waals surface area (Å²) in [6, 6.07) is 3.18. The minimum Gasteiger partial charge on any atom is -0.507 e. The van der Waals surface area contributed by atoms with Crippen LogP contribution in [0, 0.1) is 19.8 Å². The van der Waals surface area contributed by atoms with E-state index in [0.29, 0.717) is 11.3 Å². The number of carbonyl (C=O) groups excluding carboxylic acids is 1. The molecular weight excluding hydrogens is 356 g/mol. The molecule has 27 heavy (non-hydrogen) atoms. The van der Waals surface area contributed by atoms with Crippen LogP contribution in [0.1, 0.15) is 27.0 Å². The number of ketones is 1. The highest BCUT2D eigenvalue weighted by Gasteiger charge is 2.41. The van der Waals surface area contributed by atoms with E-state index in [4.69, 9.17) is 14.2 Å². The molecule has 0 bridgehead atoms. The lowest BCUT2D eigenvalue weighted by Gasteiger charge is -2.31. The van der Waals surface area contributed by atoms with Gasteiger partial charge < -0.3 is 34.6 Å². The van der Waals surface area contributed by atoms with Crippen LogP contribution in [-0.4, -0.2) is 39.3 Å². The Kier molecular flexibility index (Phi) is 3.81. The zero-order chi connectivity index (χ0) is 19.5. The van der Waals surface area contributed by atoms with E-state index < -0.39 is 18.0 Å². The number of aromatic hydroxyl groups is 3. The Morgan fingerprint density at radius 1 is 1.00 bits per heavy atom. The molecule has 4 N–H and O–H groups in total. The molecule has 2 aliphatic heterocycles. The second-order valence-corrected chi connectivity index (χ2v) is 6.64. The number of aliphatic hydroxyl groups excluding tert-OH is 1. The fraction of sp³-hybridized carbons (Fsp3) is 0.316. The third-order valence-electron chi connectivity index (χ3n) is 5.07. The van der Waals surface area contributed by atoms with Crippen LogP contribution in [0.2, 0.25) is 0 Å². The second kappa shape index (κ2) is 5.95. The molecule has 0 saturated carbocycles. The maximum atomic E-state index is 13.0. The first-order valence-electron chi connectivity index (χ1n) is 8.35. The zero-order valence-corrected chi connectivity index (χ0v) is 14.6. The van der Waals surface area contributed by atoms with Gasteiger partial charge in [-0.2, -0.15) is 0 Å². The first-order valence-corrected chi connectivity index (χ1v) is 8.35. The number of hydrogen-bond acceptors (Lipinski definition) is 8. The van der Waals surface area contributed by atoms with Crippen molar-refractivity contribution >= 4 is 5.78 Å². The lowest BCUT2D eigenvalue weighted by molar-refractivity contribution is -0.0599. The number of phenols is 3. The Morgan fingerprint density at radius 3 is 2.48 bits per heavy atom. The van der Waals surface area contributed by atoms with Crippen molar-refractivity contribution in [2.45, 2.75) is 26.6 Å². The number of hydrogen-bond donors (Lipinski definition) is 4. The summed E-state index contributed by atoms with van der Waals surface area (Å²) in [4.78, 5) is 13.0. The zero-order valence-electron chi connectivity index (χ0n) is 14.6. The Labute approximate surface area is 154 Å². The molecule has 0 saturated heterocycles. The molecule has 0 aromatic heterocycles. The minimum absolute atomic E-state index is 0.0102. The fourth-order valence-corrected chi connectivity index (χ4v) is 3.47. The monoisotopic (exact) mass is 374 g/mol. The largest absolute Gasteiger partial charge is 0.507 e. The lowest BCUT2D eigenvalue weighted by atomic mass is 9.85. The van der Waals surface area contributed by atoms with Crippen LogP contribution < -0.4 is 14.2 Å². The van der Waals surface area contributed by atoms with Crippen molar-refractivity contribution in [1.29, 1.82) is 0 Å². The van der Waals surface area contributed by atoms with Gasteiger partial charge in [-0.15, -0.1) is 0 Å². The maximum Gasteiger partial charge on any atom is 0.231 e. The third kappa shape index (κ3) is 2.44. The third-order valence-corrected chi connectivity index (χ3v) is 5.07. The number of carbonyl (C=O) groups is 1. The number of Topliss-reactive ketones (excluding diaryl/α,β-unsaturated/α-hetero) is 1.